The molecule has 0 aliphatic rings. The highest BCUT2D eigenvalue weighted by molar-refractivity contribution is 8.00. The lowest BCUT2D eigenvalue weighted by atomic mass is 10.2. The first-order valence-electron chi connectivity index (χ1n) is 9.08. The van der Waals surface area contributed by atoms with Gasteiger partial charge in [-0.05, 0) is 12.8 Å². The molecule has 0 heterocycles. The number of amides is 2. The molecule has 4 nitrogen and oxygen atoms in total. The van der Waals surface area contributed by atoms with E-state index in [0.717, 1.165) is 25.9 Å². The van der Waals surface area contributed by atoms with E-state index in [9.17, 15) is 9.59 Å². The molecular weight excluding hydrogens is 308 g/mol. The summed E-state index contributed by atoms with van der Waals surface area (Å²) in [6.45, 7) is 6.02. The van der Waals surface area contributed by atoms with Gasteiger partial charge in [-0.1, -0.05) is 52.4 Å². The van der Waals surface area contributed by atoms with Crippen molar-refractivity contribution in [3.63, 3.8) is 0 Å². The lowest BCUT2D eigenvalue weighted by Gasteiger charge is -2.18. The molecule has 0 fully saturated rings. The van der Waals surface area contributed by atoms with Crippen molar-refractivity contribution in [3.05, 3.63) is 0 Å². The van der Waals surface area contributed by atoms with Gasteiger partial charge in [-0.25, -0.2) is 0 Å². The fourth-order valence-corrected chi connectivity index (χ4v) is 3.14. The van der Waals surface area contributed by atoms with Crippen LogP contribution in [0.2, 0.25) is 0 Å². The maximum absolute atomic E-state index is 12.0. The fraction of sp³-hybridized carbons (Fsp3) is 0.889. The zero-order chi connectivity index (χ0) is 17.5. The first-order chi connectivity index (χ1) is 11.0. The van der Waals surface area contributed by atoms with Crippen molar-refractivity contribution in [3.8, 4) is 0 Å². The Kier molecular flexibility index (Phi) is 14.4. The van der Waals surface area contributed by atoms with Gasteiger partial charge < -0.3 is 9.80 Å². The molecule has 0 aromatic carbocycles. The van der Waals surface area contributed by atoms with Crippen LogP contribution < -0.4 is 0 Å². The summed E-state index contributed by atoms with van der Waals surface area (Å²) < 4.78 is 0. The van der Waals surface area contributed by atoms with Gasteiger partial charge in [-0.15, -0.1) is 11.8 Å². The fourth-order valence-electron chi connectivity index (χ4n) is 2.25. The second kappa shape index (κ2) is 14.9. The third-order valence-electron chi connectivity index (χ3n) is 4.00. The average molecular weight is 345 g/mol. The summed E-state index contributed by atoms with van der Waals surface area (Å²) in [6.07, 6.45) is 9.39. The van der Waals surface area contributed by atoms with Gasteiger partial charge in [0.05, 0.1) is 11.5 Å². The summed E-state index contributed by atoms with van der Waals surface area (Å²) in [4.78, 5) is 27.6. The van der Waals surface area contributed by atoms with Crippen LogP contribution in [0.4, 0.5) is 0 Å². The molecule has 0 bridgehead atoms. The van der Waals surface area contributed by atoms with Crippen LogP contribution in [0.5, 0.6) is 0 Å². The molecule has 136 valence electrons. The largest absolute Gasteiger partial charge is 0.345 e. The molecule has 5 heteroatoms. The lowest BCUT2D eigenvalue weighted by molar-refractivity contribution is -0.127. The van der Waals surface area contributed by atoms with Gasteiger partial charge in [0, 0.05) is 27.2 Å². The van der Waals surface area contributed by atoms with E-state index in [1.807, 2.05) is 14.1 Å². The Balaban J connectivity index is 3.73. The minimum Gasteiger partial charge on any atom is -0.345 e. The van der Waals surface area contributed by atoms with Crippen LogP contribution >= 0.6 is 11.8 Å². The van der Waals surface area contributed by atoms with Crippen molar-refractivity contribution < 1.29 is 9.59 Å². The summed E-state index contributed by atoms with van der Waals surface area (Å²) in [5.74, 6) is 1.06. The Morgan fingerprint density at radius 2 is 1.09 bits per heavy atom. The Labute approximate surface area is 147 Å². The van der Waals surface area contributed by atoms with Gasteiger partial charge in [0.2, 0.25) is 11.8 Å². The summed E-state index contributed by atoms with van der Waals surface area (Å²) >= 11 is 1.43. The zero-order valence-electron chi connectivity index (χ0n) is 15.6. The summed E-state index contributed by atoms with van der Waals surface area (Å²) in [5.41, 5.74) is 0. The second-order valence-electron chi connectivity index (χ2n) is 6.24. The Morgan fingerprint density at radius 1 is 0.696 bits per heavy atom. The van der Waals surface area contributed by atoms with E-state index in [1.54, 1.807) is 9.80 Å². The van der Waals surface area contributed by atoms with E-state index < -0.39 is 0 Å². The van der Waals surface area contributed by atoms with Crippen molar-refractivity contribution >= 4 is 23.6 Å². The van der Waals surface area contributed by atoms with Crippen LogP contribution in [0.1, 0.15) is 65.2 Å². The average Bonchev–Trinajstić information content (AvgIpc) is 2.54. The molecule has 0 saturated heterocycles. The highest BCUT2D eigenvalue weighted by atomic mass is 32.2. The molecule has 0 rings (SSSR count). The van der Waals surface area contributed by atoms with E-state index in [1.165, 1.54) is 50.3 Å². The molecule has 0 spiro atoms. The molecule has 0 saturated carbocycles. The number of thioether (sulfide) groups is 1. The molecule has 23 heavy (non-hydrogen) atoms. The molecule has 0 aliphatic heterocycles. The molecule has 0 aliphatic carbocycles. The second-order valence-corrected chi connectivity index (χ2v) is 7.23. The normalized spacial score (nSPS) is 10.6. The third kappa shape index (κ3) is 12.4. The summed E-state index contributed by atoms with van der Waals surface area (Å²) in [5, 5.41) is 0. The molecule has 0 aromatic heterocycles. The van der Waals surface area contributed by atoms with Crippen molar-refractivity contribution in [1.29, 1.82) is 0 Å². The van der Waals surface area contributed by atoms with Crippen molar-refractivity contribution in [2.75, 3.05) is 38.7 Å². The summed E-state index contributed by atoms with van der Waals surface area (Å²) in [6, 6.07) is 0. The third-order valence-corrected chi connectivity index (χ3v) is 4.90. The standard InChI is InChI=1S/C18H36N2O2S/c1-5-7-9-11-13-19(3)17(21)15-23-16-18(22)20(4)14-12-10-8-6-2/h5-16H2,1-4H3. The molecule has 0 aromatic rings. The Bertz CT molecular complexity index is 294. The molecule has 0 radical (unpaired) electrons. The van der Waals surface area contributed by atoms with Crippen LogP contribution in [-0.2, 0) is 9.59 Å². The van der Waals surface area contributed by atoms with E-state index in [0.29, 0.717) is 11.5 Å². The monoisotopic (exact) mass is 344 g/mol. The van der Waals surface area contributed by atoms with Crippen LogP contribution in [0.3, 0.4) is 0 Å². The number of nitrogens with zero attached hydrogens (tertiary/aromatic N) is 2. The maximum Gasteiger partial charge on any atom is 0.232 e. The minimum absolute atomic E-state index is 0.130. The first-order valence-corrected chi connectivity index (χ1v) is 10.2. The number of rotatable bonds is 14. The molecule has 0 atom stereocenters. The van der Waals surface area contributed by atoms with Crippen molar-refractivity contribution in [1.82, 2.24) is 9.80 Å². The van der Waals surface area contributed by atoms with Crippen LogP contribution in [0.25, 0.3) is 0 Å². The van der Waals surface area contributed by atoms with Crippen molar-refractivity contribution in [2.24, 2.45) is 0 Å². The quantitative estimate of drug-likeness (QED) is 0.450. The topological polar surface area (TPSA) is 40.6 Å². The first kappa shape index (κ1) is 22.3. The zero-order valence-corrected chi connectivity index (χ0v) is 16.4. The number of hydrogen-bond acceptors (Lipinski definition) is 3. The van der Waals surface area contributed by atoms with E-state index >= 15 is 0 Å². The molecule has 0 N–H and O–H groups in total. The number of carbonyl (C=O) groups excluding carboxylic acids is 2. The molecular formula is C18H36N2O2S. The van der Waals surface area contributed by atoms with Crippen LogP contribution in [-0.4, -0.2) is 60.3 Å². The van der Waals surface area contributed by atoms with E-state index in [4.69, 9.17) is 0 Å². The van der Waals surface area contributed by atoms with Gasteiger partial charge in [-0.3, -0.25) is 9.59 Å². The minimum atomic E-state index is 0.130. The number of hydrogen-bond donors (Lipinski definition) is 0. The van der Waals surface area contributed by atoms with Crippen LogP contribution in [0, 0.1) is 0 Å². The van der Waals surface area contributed by atoms with Gasteiger partial charge >= 0.3 is 0 Å². The van der Waals surface area contributed by atoms with Gasteiger partial charge in [0.15, 0.2) is 0 Å². The van der Waals surface area contributed by atoms with Gasteiger partial charge in [-0.2, -0.15) is 0 Å². The smallest absolute Gasteiger partial charge is 0.232 e. The van der Waals surface area contributed by atoms with E-state index in [-0.39, 0.29) is 11.8 Å². The maximum atomic E-state index is 12.0. The SMILES string of the molecule is CCCCCCN(C)C(=O)CSCC(=O)N(C)CCCCCC. The van der Waals surface area contributed by atoms with Crippen LogP contribution in [0.15, 0.2) is 0 Å². The van der Waals surface area contributed by atoms with Gasteiger partial charge in [0.25, 0.3) is 0 Å². The van der Waals surface area contributed by atoms with Gasteiger partial charge in [0.1, 0.15) is 0 Å². The molecule has 0 unspecified atom stereocenters. The Morgan fingerprint density at radius 3 is 1.43 bits per heavy atom. The van der Waals surface area contributed by atoms with Crippen molar-refractivity contribution in [2.45, 2.75) is 65.2 Å². The predicted octanol–water partition coefficient (Wildman–Crippen LogP) is 3.80. The Hall–Kier alpha value is -0.710. The highest BCUT2D eigenvalue weighted by Crippen LogP contribution is 2.07. The number of unbranched alkanes of at least 4 members (excludes halogenated alkanes) is 6. The summed E-state index contributed by atoms with van der Waals surface area (Å²) in [7, 11) is 3.72. The number of carbonyl (C=O) groups is 2. The highest BCUT2D eigenvalue weighted by Gasteiger charge is 2.12. The predicted molar refractivity (Wildman–Crippen MR) is 101 cm³/mol. The van der Waals surface area contributed by atoms with E-state index in [2.05, 4.69) is 13.8 Å². The molecule has 2 amide bonds. The lowest BCUT2D eigenvalue weighted by Crippen LogP contribution is -2.32.